The molecule has 1 heterocycles. The van der Waals surface area contributed by atoms with E-state index in [2.05, 4.69) is 83.2 Å². The lowest BCUT2D eigenvalue weighted by Crippen LogP contribution is -2.37. The number of nitrogens with zero attached hydrogens (tertiary/aromatic N) is 1. The summed E-state index contributed by atoms with van der Waals surface area (Å²) in [5, 5.41) is 15.4. The zero-order chi connectivity index (χ0) is 37.7. The van der Waals surface area contributed by atoms with Crippen LogP contribution in [0.1, 0.15) is 72.3 Å². The van der Waals surface area contributed by atoms with Crippen LogP contribution in [0.15, 0.2) is 127 Å². The van der Waals surface area contributed by atoms with Gasteiger partial charge in [-0.2, -0.15) is 0 Å². The number of hydrogen-bond acceptors (Lipinski definition) is 7. The Kier molecular flexibility index (Phi) is 13.6. The second kappa shape index (κ2) is 19.1. The van der Waals surface area contributed by atoms with E-state index in [1.54, 1.807) is 12.1 Å². The summed E-state index contributed by atoms with van der Waals surface area (Å²) in [7, 11) is 2.12. The number of nitrogens with two attached hydrogens (primary N) is 1. The van der Waals surface area contributed by atoms with Crippen molar-refractivity contribution in [3.63, 3.8) is 0 Å². The van der Waals surface area contributed by atoms with Crippen LogP contribution in [0.5, 0.6) is 0 Å². The number of hydrogen-bond donors (Lipinski definition) is 4. The first-order valence-corrected chi connectivity index (χ1v) is 18.7. The maximum atomic E-state index is 12.6. The van der Waals surface area contributed by atoms with Crippen LogP contribution in [0.25, 0.3) is 11.1 Å². The third-order valence-corrected chi connectivity index (χ3v) is 9.65. The Morgan fingerprint density at radius 3 is 2.17 bits per heavy atom. The molecule has 0 aliphatic carbocycles. The molecule has 0 radical (unpaired) electrons. The number of anilines is 2. The summed E-state index contributed by atoms with van der Waals surface area (Å²) in [6, 6.07) is 42.0. The maximum Gasteiger partial charge on any atom is 0.224 e. The number of likely N-dealkylation sites (N-methyl/N-ethyl adjacent to an activating group) is 1. The molecule has 0 saturated carbocycles. The minimum Gasteiger partial charge on any atom is -0.397 e. The van der Waals surface area contributed by atoms with E-state index >= 15 is 0 Å². The van der Waals surface area contributed by atoms with Gasteiger partial charge in [0.1, 0.15) is 0 Å². The molecule has 3 atom stereocenters. The summed E-state index contributed by atoms with van der Waals surface area (Å²) >= 11 is 0. The van der Waals surface area contributed by atoms with Gasteiger partial charge in [0.25, 0.3) is 0 Å². The van der Waals surface area contributed by atoms with Gasteiger partial charge in [-0.3, -0.25) is 14.5 Å². The van der Waals surface area contributed by atoms with E-state index in [4.69, 9.17) is 15.2 Å². The lowest BCUT2D eigenvalue weighted by molar-refractivity contribution is -0.252. The molecular formula is C45H50N4O5. The number of aliphatic hydroxyl groups excluding tert-OH is 1. The molecule has 54 heavy (non-hydrogen) atoms. The van der Waals surface area contributed by atoms with Crippen molar-refractivity contribution >= 4 is 23.2 Å². The van der Waals surface area contributed by atoms with Crippen molar-refractivity contribution in [1.82, 2.24) is 10.2 Å². The first-order chi connectivity index (χ1) is 26.3. The topological polar surface area (TPSA) is 126 Å². The van der Waals surface area contributed by atoms with E-state index in [0.717, 1.165) is 52.9 Å². The molecule has 1 aliphatic rings. The van der Waals surface area contributed by atoms with Crippen LogP contribution < -0.4 is 16.4 Å². The van der Waals surface area contributed by atoms with E-state index in [0.29, 0.717) is 43.6 Å². The van der Waals surface area contributed by atoms with Crippen molar-refractivity contribution in [2.24, 2.45) is 0 Å². The number of nitrogens with one attached hydrogen (secondary N) is 2. The molecule has 5 N–H and O–H groups in total. The molecule has 1 aliphatic heterocycles. The first kappa shape index (κ1) is 38.4. The standard InChI is InChI=1S/C45H50N4O5/c1-49(29-32-10-3-2-4-11-32)30-39-27-42(36-20-18-33(31-50)19-21-36)54-45(53-39)37-24-22-35(23-25-37)38-13-9-12-34(26-38)28-47-43(51)16-7-8-17-44(52)48-41-15-6-5-14-40(41)46/h2-6,9-15,18-26,39,42,45,50H,7-8,16-17,27-31,46H2,1H3,(H,47,51)(H,48,52)/t39-,42+,45+/m1/s1. The molecule has 9 nitrogen and oxygen atoms in total. The van der Waals surface area contributed by atoms with Gasteiger partial charge in [-0.15, -0.1) is 0 Å². The Morgan fingerprint density at radius 2 is 1.43 bits per heavy atom. The first-order valence-electron chi connectivity index (χ1n) is 18.7. The highest BCUT2D eigenvalue weighted by Crippen LogP contribution is 2.38. The zero-order valence-corrected chi connectivity index (χ0v) is 30.8. The van der Waals surface area contributed by atoms with Crippen LogP contribution >= 0.6 is 0 Å². The Bertz CT molecular complexity index is 1950. The van der Waals surface area contributed by atoms with Crippen LogP contribution in [-0.4, -0.2) is 41.5 Å². The fraction of sp³-hybridized carbons (Fsp3) is 0.289. The molecule has 1 saturated heterocycles. The molecule has 0 bridgehead atoms. The highest BCUT2D eigenvalue weighted by molar-refractivity contribution is 5.93. The van der Waals surface area contributed by atoms with Crippen molar-refractivity contribution in [1.29, 1.82) is 0 Å². The smallest absolute Gasteiger partial charge is 0.224 e. The van der Waals surface area contributed by atoms with E-state index in [-0.39, 0.29) is 30.6 Å². The Hall–Kier alpha value is -5.32. The number of nitrogen functional groups attached to an aromatic ring is 1. The van der Waals surface area contributed by atoms with Gasteiger partial charge in [-0.1, -0.05) is 109 Å². The van der Waals surface area contributed by atoms with E-state index in [9.17, 15) is 14.7 Å². The predicted molar refractivity (Wildman–Crippen MR) is 213 cm³/mol. The number of ether oxygens (including phenoxy) is 2. The molecule has 0 aromatic heterocycles. The maximum absolute atomic E-state index is 12.6. The van der Waals surface area contributed by atoms with E-state index in [1.807, 2.05) is 54.6 Å². The molecule has 9 heteroatoms. The normalized spacial score (nSPS) is 16.9. The molecule has 6 rings (SSSR count). The Balaban J connectivity index is 1.03. The quantitative estimate of drug-likeness (QED) is 0.0601. The van der Waals surface area contributed by atoms with Crippen LogP contribution in [-0.2, 0) is 38.8 Å². The summed E-state index contributed by atoms with van der Waals surface area (Å²) < 4.78 is 13.2. The third-order valence-electron chi connectivity index (χ3n) is 9.65. The summed E-state index contributed by atoms with van der Waals surface area (Å²) in [4.78, 5) is 27.1. The summed E-state index contributed by atoms with van der Waals surface area (Å²) in [6.45, 7) is 2.00. The number of para-hydroxylation sites is 2. The number of unbranched alkanes of at least 4 members (excludes halogenated alkanes) is 1. The number of aliphatic hydroxyl groups is 1. The van der Waals surface area contributed by atoms with Crippen molar-refractivity contribution in [3.8, 4) is 11.1 Å². The minimum atomic E-state index is -0.538. The van der Waals surface area contributed by atoms with Gasteiger partial charge in [0.15, 0.2) is 6.29 Å². The fourth-order valence-corrected chi connectivity index (χ4v) is 6.72. The van der Waals surface area contributed by atoms with Crippen LogP contribution in [0.4, 0.5) is 11.4 Å². The second-order valence-electron chi connectivity index (χ2n) is 14.0. The second-order valence-corrected chi connectivity index (χ2v) is 14.0. The predicted octanol–water partition coefficient (Wildman–Crippen LogP) is 7.92. The van der Waals surface area contributed by atoms with Gasteiger partial charge in [-0.25, -0.2) is 0 Å². The van der Waals surface area contributed by atoms with Crippen LogP contribution in [0.2, 0.25) is 0 Å². The minimum absolute atomic E-state index is 0.00387. The van der Waals surface area contributed by atoms with Gasteiger partial charge in [0, 0.05) is 44.5 Å². The number of rotatable bonds is 16. The molecule has 5 aromatic carbocycles. The average Bonchev–Trinajstić information content (AvgIpc) is 3.20. The van der Waals surface area contributed by atoms with Gasteiger partial charge >= 0.3 is 0 Å². The largest absolute Gasteiger partial charge is 0.397 e. The highest BCUT2D eigenvalue weighted by atomic mass is 16.7. The highest BCUT2D eigenvalue weighted by Gasteiger charge is 2.32. The molecule has 2 amide bonds. The SMILES string of the molecule is CN(Cc1ccccc1)C[C@H]1C[C@@H](c2ccc(CO)cc2)O[C@@H](c2ccc(-c3cccc(CNC(=O)CCCCC(=O)Nc4ccccc4N)c3)cc2)O1. The Labute approximate surface area is 318 Å². The van der Waals surface area contributed by atoms with Gasteiger partial charge in [0.2, 0.25) is 11.8 Å². The van der Waals surface area contributed by atoms with Gasteiger partial charge < -0.3 is 30.9 Å². The zero-order valence-electron chi connectivity index (χ0n) is 30.8. The number of carbonyl (C=O) groups is 2. The summed E-state index contributed by atoms with van der Waals surface area (Å²) in [5.41, 5.74) is 14.3. The molecule has 0 spiro atoms. The lowest BCUT2D eigenvalue weighted by atomic mass is 9.99. The average molecular weight is 727 g/mol. The van der Waals surface area contributed by atoms with E-state index < -0.39 is 6.29 Å². The van der Waals surface area contributed by atoms with Crippen molar-refractivity contribution < 1.29 is 24.2 Å². The number of benzene rings is 5. The summed E-state index contributed by atoms with van der Waals surface area (Å²) in [6.07, 6.45) is 1.88. The van der Waals surface area contributed by atoms with E-state index in [1.165, 1.54) is 5.56 Å². The lowest BCUT2D eigenvalue weighted by Gasteiger charge is -2.38. The summed E-state index contributed by atoms with van der Waals surface area (Å²) in [5.74, 6) is -0.157. The van der Waals surface area contributed by atoms with Gasteiger partial charge in [0.05, 0.1) is 30.2 Å². The molecule has 5 aromatic rings. The number of amides is 2. The molecule has 1 fully saturated rings. The van der Waals surface area contributed by atoms with Crippen LogP contribution in [0, 0.1) is 0 Å². The van der Waals surface area contributed by atoms with Crippen molar-refractivity contribution in [2.75, 3.05) is 24.6 Å². The van der Waals surface area contributed by atoms with Gasteiger partial charge in [-0.05, 0) is 71.5 Å². The van der Waals surface area contributed by atoms with Crippen molar-refractivity contribution in [3.05, 3.63) is 155 Å². The fourth-order valence-electron chi connectivity index (χ4n) is 6.72. The van der Waals surface area contributed by atoms with Crippen LogP contribution in [0.3, 0.4) is 0 Å². The molecule has 0 unspecified atom stereocenters. The third kappa shape index (κ3) is 11.1. The molecular weight excluding hydrogens is 677 g/mol. The van der Waals surface area contributed by atoms with Crippen molar-refractivity contribution in [2.45, 2.75) is 70.3 Å². The number of carbonyl (C=O) groups excluding carboxylic acids is 2. The molecule has 280 valence electrons. The monoisotopic (exact) mass is 726 g/mol. The Morgan fingerprint density at radius 1 is 0.741 bits per heavy atom.